The van der Waals surface area contributed by atoms with Crippen LogP contribution in [0.2, 0.25) is 0 Å². The molecule has 3 atom stereocenters. The van der Waals surface area contributed by atoms with Crippen molar-refractivity contribution < 1.29 is 9.59 Å². The lowest BCUT2D eigenvalue weighted by Gasteiger charge is -2.34. The van der Waals surface area contributed by atoms with Gasteiger partial charge in [-0.05, 0) is 49.4 Å². The molecule has 33 heavy (non-hydrogen) atoms. The molecular weight excluding hydrogens is 412 g/mol. The minimum atomic E-state index is -0.561. The van der Waals surface area contributed by atoms with Crippen molar-refractivity contribution in [1.82, 2.24) is 20.9 Å². The van der Waals surface area contributed by atoms with Crippen LogP contribution in [-0.4, -0.2) is 54.5 Å². The zero-order chi connectivity index (χ0) is 22.7. The maximum atomic E-state index is 13.5. The van der Waals surface area contributed by atoms with Gasteiger partial charge in [0.15, 0.2) is 0 Å². The molecule has 6 heteroatoms. The molecule has 0 bridgehead atoms. The molecule has 5 rings (SSSR count). The summed E-state index contributed by atoms with van der Waals surface area (Å²) in [6.45, 7) is 3.78. The van der Waals surface area contributed by atoms with Crippen molar-refractivity contribution in [2.24, 2.45) is 5.92 Å². The fourth-order valence-corrected chi connectivity index (χ4v) is 5.80. The van der Waals surface area contributed by atoms with Gasteiger partial charge in [-0.2, -0.15) is 0 Å². The number of nitrogens with zero attached hydrogens (tertiary/aromatic N) is 1. The standard InChI is InChI=1S/C27H34N4O2/c32-25-23-12-5-4-10-21(23)13-14-27(30-25)19-31(17-20-8-2-1-3-9-20)18-24(27)26(33)29-16-22-11-6-7-15-28-22/h1-5,8-10,12,22,24,28H,6-7,11,13-19H2,(H,29,33)(H,30,32)/t22?,24-,27+/m0/s1. The first-order valence-electron chi connectivity index (χ1n) is 12.3. The number of amides is 2. The second-order valence-electron chi connectivity index (χ2n) is 9.87. The van der Waals surface area contributed by atoms with E-state index in [1.807, 2.05) is 42.5 Å². The Kier molecular flexibility index (Phi) is 6.47. The molecular formula is C27H34N4O2. The minimum absolute atomic E-state index is 0.0589. The maximum absolute atomic E-state index is 13.5. The zero-order valence-corrected chi connectivity index (χ0v) is 19.2. The van der Waals surface area contributed by atoms with E-state index in [4.69, 9.17) is 0 Å². The Morgan fingerprint density at radius 3 is 2.73 bits per heavy atom. The third-order valence-corrected chi connectivity index (χ3v) is 7.58. The Hall–Kier alpha value is -2.70. The van der Waals surface area contributed by atoms with E-state index in [9.17, 15) is 9.59 Å². The van der Waals surface area contributed by atoms with Crippen LogP contribution in [0.4, 0.5) is 0 Å². The van der Waals surface area contributed by atoms with Gasteiger partial charge in [-0.1, -0.05) is 55.0 Å². The number of carbonyl (C=O) groups is 2. The molecule has 2 aromatic carbocycles. The van der Waals surface area contributed by atoms with Crippen LogP contribution >= 0.6 is 0 Å². The van der Waals surface area contributed by atoms with Crippen LogP contribution in [0.15, 0.2) is 54.6 Å². The molecule has 2 amide bonds. The van der Waals surface area contributed by atoms with E-state index in [1.54, 1.807) is 0 Å². The van der Waals surface area contributed by atoms with Crippen molar-refractivity contribution in [1.29, 1.82) is 0 Å². The number of hydrogen-bond donors (Lipinski definition) is 3. The summed E-state index contributed by atoms with van der Waals surface area (Å²) in [5.41, 5.74) is 2.47. The van der Waals surface area contributed by atoms with Gasteiger partial charge in [-0.3, -0.25) is 14.5 Å². The highest BCUT2D eigenvalue weighted by Crippen LogP contribution is 2.36. The molecule has 3 heterocycles. The fourth-order valence-electron chi connectivity index (χ4n) is 5.80. The average Bonchev–Trinajstić information content (AvgIpc) is 3.12. The van der Waals surface area contributed by atoms with Gasteiger partial charge >= 0.3 is 0 Å². The van der Waals surface area contributed by atoms with Crippen LogP contribution in [0.1, 0.15) is 47.2 Å². The van der Waals surface area contributed by atoms with Gasteiger partial charge in [-0.15, -0.1) is 0 Å². The summed E-state index contributed by atoms with van der Waals surface area (Å²) >= 11 is 0. The number of piperidine rings is 1. The van der Waals surface area contributed by atoms with Crippen molar-refractivity contribution in [2.75, 3.05) is 26.2 Å². The Labute approximate surface area is 196 Å². The number of nitrogens with one attached hydrogen (secondary N) is 3. The van der Waals surface area contributed by atoms with E-state index in [0.29, 0.717) is 25.7 Å². The molecule has 0 saturated carbocycles. The van der Waals surface area contributed by atoms with Gasteiger partial charge in [0.1, 0.15) is 0 Å². The molecule has 1 spiro atoms. The lowest BCUT2D eigenvalue weighted by atomic mass is 9.82. The van der Waals surface area contributed by atoms with E-state index in [2.05, 4.69) is 33.0 Å². The summed E-state index contributed by atoms with van der Waals surface area (Å²) in [6, 6.07) is 18.5. The monoisotopic (exact) mass is 446 g/mol. The summed E-state index contributed by atoms with van der Waals surface area (Å²) in [6.07, 6.45) is 5.07. The first-order chi connectivity index (χ1) is 16.1. The summed E-state index contributed by atoms with van der Waals surface area (Å²) in [5.74, 6) is -0.274. The Balaban J connectivity index is 1.36. The van der Waals surface area contributed by atoms with Crippen LogP contribution in [0.3, 0.4) is 0 Å². The number of carbonyl (C=O) groups excluding carboxylic acids is 2. The summed E-state index contributed by atoms with van der Waals surface area (Å²) in [4.78, 5) is 29.1. The largest absolute Gasteiger partial charge is 0.354 e. The van der Waals surface area contributed by atoms with Crippen LogP contribution in [0, 0.1) is 5.92 Å². The first kappa shape index (κ1) is 22.1. The lowest BCUT2D eigenvalue weighted by Crippen LogP contribution is -2.58. The minimum Gasteiger partial charge on any atom is -0.354 e. The highest BCUT2D eigenvalue weighted by molar-refractivity contribution is 5.97. The van der Waals surface area contributed by atoms with Crippen LogP contribution in [-0.2, 0) is 17.8 Å². The number of fused-ring (bicyclic) bond motifs is 1. The summed E-state index contributed by atoms with van der Waals surface area (Å²) in [5, 5.41) is 10.1. The molecule has 2 aromatic rings. The smallest absolute Gasteiger partial charge is 0.252 e. The molecule has 174 valence electrons. The fraction of sp³-hybridized carbons (Fsp3) is 0.481. The average molecular weight is 447 g/mol. The predicted molar refractivity (Wildman–Crippen MR) is 129 cm³/mol. The molecule has 3 aliphatic rings. The van der Waals surface area contributed by atoms with Crippen molar-refractivity contribution in [2.45, 2.75) is 50.2 Å². The zero-order valence-electron chi connectivity index (χ0n) is 19.2. The SMILES string of the molecule is O=C1N[C@]2(CCc3ccccc31)CN(Cc1ccccc1)C[C@H]2C(=O)NCC1CCCCN1. The predicted octanol–water partition coefficient (Wildman–Crippen LogP) is 2.49. The third kappa shape index (κ3) is 4.82. The second kappa shape index (κ2) is 9.65. The summed E-state index contributed by atoms with van der Waals surface area (Å²) in [7, 11) is 0. The molecule has 0 aromatic heterocycles. The number of hydrogen-bond acceptors (Lipinski definition) is 4. The van der Waals surface area contributed by atoms with E-state index in [-0.39, 0.29) is 17.7 Å². The van der Waals surface area contributed by atoms with Gasteiger partial charge in [0.05, 0.1) is 11.5 Å². The number of rotatable bonds is 5. The van der Waals surface area contributed by atoms with E-state index >= 15 is 0 Å². The van der Waals surface area contributed by atoms with Crippen molar-refractivity contribution in [3.63, 3.8) is 0 Å². The molecule has 2 saturated heterocycles. The molecule has 1 unspecified atom stereocenters. The van der Waals surface area contributed by atoms with E-state index < -0.39 is 5.54 Å². The molecule has 6 nitrogen and oxygen atoms in total. The van der Waals surface area contributed by atoms with Crippen LogP contribution < -0.4 is 16.0 Å². The van der Waals surface area contributed by atoms with Gasteiger partial charge in [0.2, 0.25) is 5.91 Å². The first-order valence-corrected chi connectivity index (χ1v) is 12.3. The number of likely N-dealkylation sites (tertiary alicyclic amines) is 1. The topological polar surface area (TPSA) is 73.5 Å². The highest BCUT2D eigenvalue weighted by Gasteiger charge is 2.51. The highest BCUT2D eigenvalue weighted by atomic mass is 16.2. The van der Waals surface area contributed by atoms with Crippen molar-refractivity contribution in [3.05, 3.63) is 71.3 Å². The van der Waals surface area contributed by atoms with E-state index in [1.165, 1.54) is 18.4 Å². The molecule has 0 aliphatic carbocycles. The Morgan fingerprint density at radius 2 is 1.91 bits per heavy atom. The van der Waals surface area contributed by atoms with Gasteiger partial charge in [0.25, 0.3) is 5.91 Å². The number of aryl methyl sites for hydroxylation is 1. The third-order valence-electron chi connectivity index (χ3n) is 7.58. The normalized spacial score (nSPS) is 27.6. The second-order valence-corrected chi connectivity index (χ2v) is 9.87. The lowest BCUT2D eigenvalue weighted by molar-refractivity contribution is -0.126. The summed E-state index contributed by atoms with van der Waals surface area (Å²) < 4.78 is 0. The van der Waals surface area contributed by atoms with E-state index in [0.717, 1.165) is 43.5 Å². The van der Waals surface area contributed by atoms with Gasteiger partial charge in [-0.25, -0.2) is 0 Å². The van der Waals surface area contributed by atoms with Crippen LogP contribution in [0.25, 0.3) is 0 Å². The quantitative estimate of drug-likeness (QED) is 0.660. The number of benzene rings is 2. The van der Waals surface area contributed by atoms with Gasteiger partial charge < -0.3 is 16.0 Å². The molecule has 2 fully saturated rings. The molecule has 3 aliphatic heterocycles. The molecule has 3 N–H and O–H groups in total. The van der Waals surface area contributed by atoms with Crippen LogP contribution in [0.5, 0.6) is 0 Å². The van der Waals surface area contributed by atoms with Gasteiger partial charge in [0, 0.05) is 37.8 Å². The Bertz CT molecular complexity index is 989. The van der Waals surface area contributed by atoms with Crippen molar-refractivity contribution in [3.8, 4) is 0 Å². The van der Waals surface area contributed by atoms with Crippen molar-refractivity contribution >= 4 is 11.8 Å². The Morgan fingerprint density at radius 1 is 1.09 bits per heavy atom. The molecule has 0 radical (unpaired) electrons. The maximum Gasteiger partial charge on any atom is 0.252 e.